The number of hydrogen-bond acceptors (Lipinski definition) is 8. The van der Waals surface area contributed by atoms with E-state index in [-0.39, 0.29) is 64.4 Å². The number of ether oxygens (including phenoxy) is 2. The van der Waals surface area contributed by atoms with Crippen molar-refractivity contribution in [3.63, 3.8) is 0 Å². The number of hydrogen-bond donors (Lipinski definition) is 0. The Balaban J connectivity index is 1.24. The van der Waals surface area contributed by atoms with Crippen LogP contribution >= 0.6 is 0 Å². The third-order valence-electron chi connectivity index (χ3n) is 9.15. The Morgan fingerprint density at radius 2 is 0.854 bits per heavy atom. The Morgan fingerprint density at radius 1 is 0.562 bits per heavy atom. The van der Waals surface area contributed by atoms with Crippen LogP contribution in [0.1, 0.15) is 93.8 Å². The van der Waals surface area contributed by atoms with Gasteiger partial charge >= 0.3 is 0 Å². The maximum atomic E-state index is 14.0. The Morgan fingerprint density at radius 3 is 1.12 bits per heavy atom. The number of benzene rings is 2. The molecule has 3 heterocycles. The molecule has 2 aromatic rings. The van der Waals surface area contributed by atoms with Crippen LogP contribution in [0.15, 0.2) is 48.5 Å². The average molecular weight is 661 g/mol. The molecule has 0 saturated carbocycles. The monoisotopic (exact) mass is 660 g/mol. The predicted molar refractivity (Wildman–Crippen MR) is 175 cm³/mol. The van der Waals surface area contributed by atoms with E-state index in [9.17, 15) is 28.8 Å². The molecule has 0 bridgehead atoms. The molecule has 5 rings (SSSR count). The number of unbranched alkanes of at least 4 members (excludes halogenated alkanes) is 2. The number of rotatable bonds is 10. The largest absolute Gasteiger partial charge is 0.378 e. The Labute approximate surface area is 280 Å². The van der Waals surface area contributed by atoms with Crippen LogP contribution in [-0.4, -0.2) is 120 Å². The van der Waals surface area contributed by atoms with Crippen LogP contribution < -0.4 is 0 Å². The van der Waals surface area contributed by atoms with Gasteiger partial charge in [-0.05, 0) is 37.1 Å². The van der Waals surface area contributed by atoms with Crippen molar-refractivity contribution in [3.05, 3.63) is 70.8 Å². The van der Waals surface area contributed by atoms with Gasteiger partial charge in [0.05, 0.1) is 48.7 Å². The Kier molecular flexibility index (Phi) is 11.7. The first-order chi connectivity index (χ1) is 23.3. The molecule has 0 N–H and O–H groups in total. The van der Waals surface area contributed by atoms with E-state index < -0.39 is 35.7 Å². The van der Waals surface area contributed by atoms with Gasteiger partial charge in [0.2, 0.25) is 11.8 Å². The second-order valence-corrected chi connectivity index (χ2v) is 12.2. The van der Waals surface area contributed by atoms with Crippen LogP contribution in [0.2, 0.25) is 0 Å². The second-order valence-electron chi connectivity index (χ2n) is 12.2. The van der Waals surface area contributed by atoms with E-state index in [4.69, 9.17) is 9.47 Å². The molecule has 1 saturated heterocycles. The van der Waals surface area contributed by atoms with Gasteiger partial charge in [-0.25, -0.2) is 0 Å². The third kappa shape index (κ3) is 7.19. The van der Waals surface area contributed by atoms with E-state index in [1.165, 1.54) is 0 Å². The topological polar surface area (TPSA) is 134 Å². The van der Waals surface area contributed by atoms with Crippen molar-refractivity contribution >= 4 is 35.4 Å². The molecule has 2 atom stereocenters. The van der Waals surface area contributed by atoms with Gasteiger partial charge in [0, 0.05) is 26.2 Å². The van der Waals surface area contributed by atoms with Crippen molar-refractivity contribution in [2.24, 2.45) is 0 Å². The molecule has 3 aliphatic rings. The molecule has 6 amide bonds. The Bertz CT molecular complexity index is 1350. The normalized spacial score (nSPS) is 18.7. The van der Waals surface area contributed by atoms with E-state index in [0.29, 0.717) is 47.9 Å². The minimum absolute atomic E-state index is 0.161. The van der Waals surface area contributed by atoms with E-state index in [0.717, 1.165) is 22.6 Å². The maximum Gasteiger partial charge on any atom is 0.262 e. The molecule has 12 heteroatoms. The van der Waals surface area contributed by atoms with Crippen LogP contribution in [0.5, 0.6) is 0 Å². The highest BCUT2D eigenvalue weighted by molar-refractivity contribution is 6.23. The second kappa shape index (κ2) is 16.1. The zero-order valence-electron chi connectivity index (χ0n) is 27.7. The van der Waals surface area contributed by atoms with Gasteiger partial charge in [0.15, 0.2) is 0 Å². The average Bonchev–Trinajstić information content (AvgIpc) is 3.49. The van der Waals surface area contributed by atoms with Crippen LogP contribution in [0.25, 0.3) is 0 Å². The minimum Gasteiger partial charge on any atom is -0.378 e. The number of carbonyl (C=O) groups is 6. The number of imide groups is 2. The molecule has 0 spiro atoms. The zero-order chi connectivity index (χ0) is 34.2. The summed E-state index contributed by atoms with van der Waals surface area (Å²) in [6.45, 7) is 5.44. The maximum absolute atomic E-state index is 14.0. The number of fused-ring (bicyclic) bond motifs is 2. The lowest BCUT2D eigenvalue weighted by Crippen LogP contribution is -2.53. The summed E-state index contributed by atoms with van der Waals surface area (Å²) in [5.41, 5.74) is 1.21. The molecular weight excluding hydrogens is 616 g/mol. The summed E-state index contributed by atoms with van der Waals surface area (Å²) in [7, 11) is 0. The summed E-state index contributed by atoms with van der Waals surface area (Å²) >= 11 is 0. The van der Waals surface area contributed by atoms with Gasteiger partial charge in [-0.3, -0.25) is 38.6 Å². The van der Waals surface area contributed by atoms with Crippen molar-refractivity contribution in [2.45, 2.75) is 64.5 Å². The van der Waals surface area contributed by atoms with Crippen molar-refractivity contribution in [2.75, 3.05) is 52.6 Å². The van der Waals surface area contributed by atoms with E-state index in [2.05, 4.69) is 0 Å². The standard InChI is InChI=1S/C36H44N4O8/c1-3-5-15-29(39-31(41)25-11-7-8-12-26(25)32(39)42)35(45)37-17-21-47-23-19-38(20-24-48-22-18-37)36(46)30(16-6-4-2)40-33(43)27-13-9-10-14-28(27)34(40)44/h7-14,29-30H,3-6,15-24H2,1-2H3. The summed E-state index contributed by atoms with van der Waals surface area (Å²) in [4.78, 5) is 86.5. The third-order valence-corrected chi connectivity index (χ3v) is 9.15. The highest BCUT2D eigenvalue weighted by Crippen LogP contribution is 2.29. The smallest absolute Gasteiger partial charge is 0.262 e. The molecular formula is C36H44N4O8. The summed E-state index contributed by atoms with van der Waals surface area (Å²) in [6.07, 6.45) is 3.61. The first-order valence-electron chi connectivity index (χ1n) is 17.0. The highest BCUT2D eigenvalue weighted by atomic mass is 16.5. The van der Waals surface area contributed by atoms with Crippen molar-refractivity contribution in [1.82, 2.24) is 19.6 Å². The molecule has 48 heavy (non-hydrogen) atoms. The van der Waals surface area contributed by atoms with E-state index >= 15 is 0 Å². The van der Waals surface area contributed by atoms with Gasteiger partial charge in [-0.2, -0.15) is 0 Å². The number of amides is 6. The van der Waals surface area contributed by atoms with Crippen LogP contribution in [-0.2, 0) is 19.1 Å². The molecule has 2 unspecified atom stereocenters. The molecule has 0 radical (unpaired) electrons. The lowest BCUT2D eigenvalue weighted by molar-refractivity contribution is -0.139. The Hall–Kier alpha value is -4.42. The fourth-order valence-corrected chi connectivity index (χ4v) is 6.49. The van der Waals surface area contributed by atoms with Crippen LogP contribution in [0, 0.1) is 0 Å². The van der Waals surface area contributed by atoms with Gasteiger partial charge < -0.3 is 19.3 Å². The predicted octanol–water partition coefficient (Wildman–Crippen LogP) is 3.40. The summed E-state index contributed by atoms with van der Waals surface area (Å²) in [5, 5.41) is 0. The SMILES string of the molecule is CCCCC(C(=O)N1CCOCCN(C(=O)C(CCCC)N2C(=O)c3ccccc3C2=O)CCOCC1)N1C(=O)c2ccccc2C1=O. The molecule has 2 aromatic carbocycles. The fraction of sp³-hybridized carbons (Fsp3) is 0.500. The highest BCUT2D eigenvalue weighted by Gasteiger charge is 2.45. The van der Waals surface area contributed by atoms with Gasteiger partial charge in [0.25, 0.3) is 23.6 Å². The van der Waals surface area contributed by atoms with Crippen LogP contribution in [0.3, 0.4) is 0 Å². The van der Waals surface area contributed by atoms with E-state index in [1.54, 1.807) is 58.3 Å². The summed E-state index contributed by atoms with van der Waals surface area (Å²) in [6, 6.07) is 11.3. The number of carbonyl (C=O) groups excluding carboxylic acids is 6. The molecule has 0 aromatic heterocycles. The molecule has 0 aliphatic carbocycles. The lowest BCUT2D eigenvalue weighted by atomic mass is 10.1. The minimum atomic E-state index is -0.944. The number of nitrogens with zero attached hydrogens (tertiary/aromatic N) is 4. The quantitative estimate of drug-likeness (QED) is 0.354. The van der Waals surface area contributed by atoms with Gasteiger partial charge in [-0.1, -0.05) is 63.8 Å². The van der Waals surface area contributed by atoms with E-state index in [1.807, 2.05) is 13.8 Å². The van der Waals surface area contributed by atoms with Crippen molar-refractivity contribution in [1.29, 1.82) is 0 Å². The molecule has 3 aliphatic heterocycles. The summed E-state index contributed by atoms with van der Waals surface area (Å²) in [5.74, 6) is -2.52. The van der Waals surface area contributed by atoms with Gasteiger partial charge in [0.1, 0.15) is 12.1 Å². The molecule has 1 fully saturated rings. The zero-order valence-corrected chi connectivity index (χ0v) is 27.7. The van der Waals surface area contributed by atoms with Crippen LogP contribution in [0.4, 0.5) is 0 Å². The first kappa shape index (κ1) is 34.9. The molecule has 12 nitrogen and oxygen atoms in total. The fourth-order valence-electron chi connectivity index (χ4n) is 6.49. The van der Waals surface area contributed by atoms with Crippen molar-refractivity contribution < 1.29 is 38.2 Å². The van der Waals surface area contributed by atoms with Crippen molar-refractivity contribution in [3.8, 4) is 0 Å². The molecule has 256 valence electrons. The first-order valence-corrected chi connectivity index (χ1v) is 17.0. The summed E-state index contributed by atoms with van der Waals surface area (Å²) < 4.78 is 11.8. The lowest BCUT2D eigenvalue weighted by Gasteiger charge is -2.33. The van der Waals surface area contributed by atoms with Gasteiger partial charge in [-0.15, -0.1) is 0 Å².